The van der Waals surface area contributed by atoms with Crippen molar-refractivity contribution in [2.45, 2.75) is 33.4 Å². The third-order valence-corrected chi connectivity index (χ3v) is 3.88. The van der Waals surface area contributed by atoms with Gasteiger partial charge in [-0.15, -0.1) is 24.0 Å². The second-order valence-electron chi connectivity index (χ2n) is 6.16. The number of aliphatic imine (C=N–C) groups is 1. The fraction of sp³-hybridized carbons (Fsp3) is 0.368. The zero-order chi connectivity index (χ0) is 18.2. The van der Waals surface area contributed by atoms with E-state index in [9.17, 15) is 4.39 Å². The van der Waals surface area contributed by atoms with Gasteiger partial charge in [-0.1, -0.05) is 13.8 Å². The number of rotatable bonds is 6. The summed E-state index contributed by atoms with van der Waals surface area (Å²) in [6.45, 7) is 7.03. The Balaban J connectivity index is 0.00000338. The molecular weight excluding hydrogens is 446 g/mol. The van der Waals surface area contributed by atoms with Crippen molar-refractivity contribution < 1.29 is 9.13 Å². The molecule has 0 aliphatic rings. The van der Waals surface area contributed by atoms with Crippen LogP contribution < -0.4 is 15.4 Å². The number of hydrogen-bond donors (Lipinski definition) is 2. The summed E-state index contributed by atoms with van der Waals surface area (Å²) in [7, 11) is 1.75. The zero-order valence-electron chi connectivity index (χ0n) is 15.5. The molecule has 0 saturated heterocycles. The van der Waals surface area contributed by atoms with Gasteiger partial charge in [0.25, 0.3) is 0 Å². The number of guanidine groups is 1. The molecule has 0 spiro atoms. The Morgan fingerprint density at radius 1 is 1.19 bits per heavy atom. The topological polar surface area (TPSA) is 58.5 Å². The van der Waals surface area contributed by atoms with Crippen LogP contribution in [0.5, 0.6) is 11.6 Å². The molecule has 2 aromatic rings. The van der Waals surface area contributed by atoms with Gasteiger partial charge < -0.3 is 15.4 Å². The van der Waals surface area contributed by atoms with Crippen molar-refractivity contribution in [2.24, 2.45) is 10.9 Å². The summed E-state index contributed by atoms with van der Waals surface area (Å²) in [5, 5.41) is 6.63. The molecular formula is C19H26FIN4O. The summed E-state index contributed by atoms with van der Waals surface area (Å²) >= 11 is 0. The first-order valence-electron chi connectivity index (χ1n) is 8.33. The molecule has 26 heavy (non-hydrogen) atoms. The maximum absolute atomic E-state index is 12.9. The number of benzene rings is 1. The number of hydrogen-bond acceptors (Lipinski definition) is 3. The van der Waals surface area contributed by atoms with Crippen molar-refractivity contribution in [3.8, 4) is 11.6 Å². The van der Waals surface area contributed by atoms with Crippen LogP contribution in [0.1, 0.15) is 26.3 Å². The van der Waals surface area contributed by atoms with Crippen LogP contribution in [0.4, 0.5) is 4.39 Å². The van der Waals surface area contributed by atoms with Crippen LogP contribution >= 0.6 is 24.0 Å². The smallest absolute Gasteiger partial charge is 0.219 e. The minimum absolute atomic E-state index is 0. The van der Waals surface area contributed by atoms with Gasteiger partial charge in [0, 0.05) is 31.9 Å². The average molecular weight is 472 g/mol. The van der Waals surface area contributed by atoms with Crippen molar-refractivity contribution >= 4 is 29.9 Å². The number of aromatic nitrogens is 1. The number of nitrogens with one attached hydrogen (secondary N) is 2. The van der Waals surface area contributed by atoms with E-state index in [1.54, 1.807) is 25.4 Å². The van der Waals surface area contributed by atoms with Gasteiger partial charge in [0.15, 0.2) is 5.96 Å². The fourth-order valence-electron chi connectivity index (χ4n) is 2.00. The number of nitrogens with zero attached hydrogens (tertiary/aromatic N) is 2. The van der Waals surface area contributed by atoms with E-state index < -0.39 is 0 Å². The van der Waals surface area contributed by atoms with E-state index in [0.29, 0.717) is 30.1 Å². The Morgan fingerprint density at radius 3 is 2.50 bits per heavy atom. The molecule has 5 nitrogen and oxygen atoms in total. The Kier molecular flexibility index (Phi) is 9.32. The minimum atomic E-state index is -0.298. The molecule has 0 radical (unpaired) electrons. The highest BCUT2D eigenvalue weighted by Crippen LogP contribution is 2.20. The molecule has 0 saturated carbocycles. The summed E-state index contributed by atoms with van der Waals surface area (Å²) in [6.07, 6.45) is 1.68. The molecule has 0 amide bonds. The second kappa shape index (κ2) is 10.9. The molecule has 1 aromatic carbocycles. The van der Waals surface area contributed by atoms with Crippen LogP contribution in [0.3, 0.4) is 0 Å². The highest BCUT2D eigenvalue weighted by atomic mass is 127. The Hall–Kier alpha value is -1.90. The van der Waals surface area contributed by atoms with Crippen molar-refractivity contribution in [3.05, 3.63) is 54.0 Å². The fourth-order valence-corrected chi connectivity index (χ4v) is 2.00. The maximum atomic E-state index is 12.9. The van der Waals surface area contributed by atoms with E-state index in [0.717, 1.165) is 11.5 Å². The number of pyridine rings is 1. The van der Waals surface area contributed by atoms with Gasteiger partial charge in [0.05, 0.1) is 0 Å². The Bertz CT molecular complexity index is 707. The molecule has 7 heteroatoms. The molecule has 142 valence electrons. The highest BCUT2D eigenvalue weighted by Gasteiger charge is 2.09. The van der Waals surface area contributed by atoms with Crippen molar-refractivity contribution in [3.63, 3.8) is 0 Å². The SMILES string of the molecule is CN=C(NCc1ccnc(Oc2ccc(F)cc2)c1)NC(C)C(C)C.I. The molecule has 0 fully saturated rings. The molecule has 2 rings (SSSR count). The van der Waals surface area contributed by atoms with Gasteiger partial charge in [-0.25, -0.2) is 9.37 Å². The van der Waals surface area contributed by atoms with E-state index in [4.69, 9.17) is 4.74 Å². The van der Waals surface area contributed by atoms with E-state index >= 15 is 0 Å². The normalized spacial score (nSPS) is 12.3. The van der Waals surface area contributed by atoms with Crippen LogP contribution in [0.15, 0.2) is 47.6 Å². The van der Waals surface area contributed by atoms with Crippen LogP contribution in [0, 0.1) is 11.7 Å². The third kappa shape index (κ3) is 7.15. The predicted molar refractivity (Wildman–Crippen MR) is 114 cm³/mol. The highest BCUT2D eigenvalue weighted by molar-refractivity contribution is 14.0. The average Bonchev–Trinajstić information content (AvgIpc) is 2.60. The third-order valence-electron chi connectivity index (χ3n) is 3.88. The predicted octanol–water partition coefficient (Wildman–Crippen LogP) is 4.34. The first kappa shape index (κ1) is 22.1. The second-order valence-corrected chi connectivity index (χ2v) is 6.16. The van der Waals surface area contributed by atoms with Gasteiger partial charge in [-0.2, -0.15) is 0 Å². The summed E-state index contributed by atoms with van der Waals surface area (Å²) in [5.41, 5.74) is 1.01. The largest absolute Gasteiger partial charge is 0.439 e. The standard InChI is InChI=1S/C19H25FN4O.HI/c1-13(2)14(3)24-19(21-4)23-12-15-9-10-22-18(11-15)25-17-7-5-16(20)6-8-17;/h5-11,13-14H,12H2,1-4H3,(H2,21,23,24);1H. The number of ether oxygens (including phenoxy) is 1. The van der Waals surface area contributed by atoms with E-state index in [1.165, 1.54) is 12.1 Å². The summed E-state index contributed by atoms with van der Waals surface area (Å²) in [6, 6.07) is 9.92. The van der Waals surface area contributed by atoms with E-state index in [-0.39, 0.29) is 29.8 Å². The summed E-state index contributed by atoms with van der Waals surface area (Å²) in [4.78, 5) is 8.42. The van der Waals surface area contributed by atoms with Gasteiger partial charge in [-0.3, -0.25) is 4.99 Å². The molecule has 1 unspecified atom stereocenters. The molecule has 2 N–H and O–H groups in total. The minimum Gasteiger partial charge on any atom is -0.439 e. The molecule has 1 aromatic heterocycles. The maximum Gasteiger partial charge on any atom is 0.219 e. The Labute approximate surface area is 171 Å². The summed E-state index contributed by atoms with van der Waals surface area (Å²) < 4.78 is 18.6. The lowest BCUT2D eigenvalue weighted by atomic mass is 10.1. The Morgan fingerprint density at radius 2 is 1.88 bits per heavy atom. The van der Waals surface area contributed by atoms with Crippen LogP contribution in [0.25, 0.3) is 0 Å². The first-order chi connectivity index (χ1) is 12.0. The van der Waals surface area contributed by atoms with E-state index in [2.05, 4.69) is 41.4 Å². The van der Waals surface area contributed by atoms with Crippen molar-refractivity contribution in [1.82, 2.24) is 15.6 Å². The molecule has 1 heterocycles. The van der Waals surface area contributed by atoms with Crippen molar-refractivity contribution in [2.75, 3.05) is 7.05 Å². The zero-order valence-corrected chi connectivity index (χ0v) is 17.8. The van der Waals surface area contributed by atoms with Crippen LogP contribution in [-0.4, -0.2) is 24.0 Å². The lowest BCUT2D eigenvalue weighted by Crippen LogP contribution is -2.43. The summed E-state index contributed by atoms with van der Waals surface area (Å²) in [5.74, 6) is 1.97. The first-order valence-corrected chi connectivity index (χ1v) is 8.33. The lowest BCUT2D eigenvalue weighted by molar-refractivity contribution is 0.460. The van der Waals surface area contributed by atoms with Gasteiger partial charge in [-0.05, 0) is 48.7 Å². The van der Waals surface area contributed by atoms with Gasteiger partial charge in [0.1, 0.15) is 11.6 Å². The van der Waals surface area contributed by atoms with Crippen LogP contribution in [-0.2, 0) is 6.54 Å². The van der Waals surface area contributed by atoms with Crippen LogP contribution in [0.2, 0.25) is 0 Å². The molecule has 1 atom stereocenters. The number of halogens is 2. The molecule has 0 aliphatic carbocycles. The molecule has 0 bridgehead atoms. The lowest BCUT2D eigenvalue weighted by Gasteiger charge is -2.20. The monoisotopic (exact) mass is 472 g/mol. The van der Waals surface area contributed by atoms with E-state index in [1.807, 2.05) is 12.1 Å². The van der Waals surface area contributed by atoms with Gasteiger partial charge in [0.2, 0.25) is 5.88 Å². The molecule has 0 aliphatic heterocycles. The van der Waals surface area contributed by atoms with Gasteiger partial charge >= 0.3 is 0 Å². The van der Waals surface area contributed by atoms with Crippen molar-refractivity contribution in [1.29, 1.82) is 0 Å². The quantitative estimate of drug-likeness (QED) is 0.373.